The number of methoxy groups -OCH3 is 1. The lowest BCUT2D eigenvalue weighted by atomic mass is 9.75. The highest BCUT2D eigenvalue weighted by Gasteiger charge is 2.29. The molecular formula is C13H25NO2. The van der Waals surface area contributed by atoms with Gasteiger partial charge >= 0.3 is 5.97 Å². The monoisotopic (exact) mass is 227 g/mol. The van der Waals surface area contributed by atoms with E-state index in [1.807, 2.05) is 6.92 Å². The molecule has 1 saturated carbocycles. The highest BCUT2D eigenvalue weighted by Crippen LogP contribution is 2.35. The van der Waals surface area contributed by atoms with Crippen LogP contribution in [0.15, 0.2) is 0 Å². The summed E-state index contributed by atoms with van der Waals surface area (Å²) in [5.41, 5.74) is 0.477. The Morgan fingerprint density at radius 1 is 1.44 bits per heavy atom. The smallest absolute Gasteiger partial charge is 0.322 e. The number of nitrogens with one attached hydrogen (secondary N) is 1. The predicted octanol–water partition coefficient (Wildman–Crippen LogP) is 2.50. The summed E-state index contributed by atoms with van der Waals surface area (Å²) in [5.74, 6) is -0.132. The maximum atomic E-state index is 11.5. The van der Waals surface area contributed by atoms with Gasteiger partial charge in [0.25, 0.3) is 0 Å². The van der Waals surface area contributed by atoms with Crippen molar-refractivity contribution in [1.29, 1.82) is 0 Å². The van der Waals surface area contributed by atoms with Crippen LogP contribution in [0.3, 0.4) is 0 Å². The van der Waals surface area contributed by atoms with Gasteiger partial charge in [-0.15, -0.1) is 0 Å². The molecule has 0 aromatic heterocycles. The van der Waals surface area contributed by atoms with E-state index in [4.69, 9.17) is 4.74 Å². The highest BCUT2D eigenvalue weighted by atomic mass is 16.5. The lowest BCUT2D eigenvalue weighted by Gasteiger charge is -2.35. The van der Waals surface area contributed by atoms with E-state index in [1.54, 1.807) is 0 Å². The fourth-order valence-electron chi connectivity index (χ4n) is 2.35. The van der Waals surface area contributed by atoms with E-state index in [0.717, 1.165) is 6.42 Å². The van der Waals surface area contributed by atoms with Crippen molar-refractivity contribution in [3.05, 3.63) is 0 Å². The Hall–Kier alpha value is -0.570. The zero-order valence-corrected chi connectivity index (χ0v) is 11.0. The van der Waals surface area contributed by atoms with E-state index in [0.29, 0.717) is 11.5 Å². The molecule has 0 saturated heterocycles. The summed E-state index contributed by atoms with van der Waals surface area (Å²) < 4.78 is 4.78. The first kappa shape index (κ1) is 13.5. The standard InChI is InChI=1S/C13H25NO2/c1-5-11(12(15)16-4)14-10-6-8-13(2,3)9-7-10/h10-11,14H,5-9H2,1-4H3. The molecule has 0 aromatic carbocycles. The number of ether oxygens (including phenoxy) is 1. The number of hydrogen-bond donors (Lipinski definition) is 1. The Morgan fingerprint density at radius 2 is 2.00 bits per heavy atom. The van der Waals surface area contributed by atoms with Crippen molar-refractivity contribution >= 4 is 5.97 Å². The second kappa shape index (κ2) is 5.67. The van der Waals surface area contributed by atoms with Crippen LogP contribution in [-0.4, -0.2) is 25.2 Å². The van der Waals surface area contributed by atoms with Crippen molar-refractivity contribution in [2.24, 2.45) is 5.41 Å². The zero-order chi connectivity index (χ0) is 12.2. The number of carbonyl (C=O) groups excluding carboxylic acids is 1. The van der Waals surface area contributed by atoms with E-state index in [9.17, 15) is 4.79 Å². The number of esters is 1. The van der Waals surface area contributed by atoms with E-state index < -0.39 is 0 Å². The molecule has 0 bridgehead atoms. The molecular weight excluding hydrogens is 202 g/mol. The lowest BCUT2D eigenvalue weighted by Crippen LogP contribution is -2.45. The molecule has 1 fully saturated rings. The Kier molecular flexibility index (Phi) is 4.78. The third-order valence-electron chi connectivity index (χ3n) is 3.67. The fourth-order valence-corrected chi connectivity index (χ4v) is 2.35. The molecule has 0 heterocycles. The zero-order valence-electron chi connectivity index (χ0n) is 11.0. The first-order chi connectivity index (χ1) is 7.48. The molecule has 0 amide bonds. The third kappa shape index (κ3) is 3.78. The van der Waals surface area contributed by atoms with Crippen LogP contribution in [0.1, 0.15) is 52.9 Å². The lowest BCUT2D eigenvalue weighted by molar-refractivity contribution is -0.143. The molecule has 1 aliphatic rings. The van der Waals surface area contributed by atoms with Gasteiger partial charge in [0.1, 0.15) is 6.04 Å². The maximum Gasteiger partial charge on any atom is 0.322 e. The molecule has 3 heteroatoms. The number of hydrogen-bond acceptors (Lipinski definition) is 3. The summed E-state index contributed by atoms with van der Waals surface area (Å²) in [6.07, 6.45) is 5.61. The van der Waals surface area contributed by atoms with Crippen molar-refractivity contribution in [2.75, 3.05) is 7.11 Å². The van der Waals surface area contributed by atoms with Crippen LogP contribution in [-0.2, 0) is 9.53 Å². The summed E-state index contributed by atoms with van der Waals surface area (Å²) in [5, 5.41) is 3.42. The molecule has 0 spiro atoms. The first-order valence-electron chi connectivity index (χ1n) is 6.32. The summed E-state index contributed by atoms with van der Waals surface area (Å²) >= 11 is 0. The SMILES string of the molecule is CCC(NC1CCC(C)(C)CC1)C(=O)OC. The Bertz CT molecular complexity index is 228. The van der Waals surface area contributed by atoms with Crippen LogP contribution < -0.4 is 5.32 Å². The van der Waals surface area contributed by atoms with Gasteiger partial charge in [0.2, 0.25) is 0 Å². The maximum absolute atomic E-state index is 11.5. The van der Waals surface area contributed by atoms with Gasteiger partial charge in [-0.05, 0) is 37.5 Å². The molecule has 1 unspecified atom stereocenters. The van der Waals surface area contributed by atoms with Crippen molar-refractivity contribution in [3.8, 4) is 0 Å². The Morgan fingerprint density at radius 3 is 2.44 bits per heavy atom. The van der Waals surface area contributed by atoms with Crippen LogP contribution in [0.4, 0.5) is 0 Å². The largest absolute Gasteiger partial charge is 0.468 e. The van der Waals surface area contributed by atoms with Gasteiger partial charge in [0.15, 0.2) is 0 Å². The second-order valence-electron chi connectivity index (χ2n) is 5.59. The number of rotatable bonds is 4. The Balaban J connectivity index is 2.40. The van der Waals surface area contributed by atoms with Crippen LogP contribution in [0.5, 0.6) is 0 Å². The quantitative estimate of drug-likeness (QED) is 0.750. The second-order valence-corrected chi connectivity index (χ2v) is 5.59. The van der Waals surface area contributed by atoms with Gasteiger partial charge < -0.3 is 10.1 Å². The van der Waals surface area contributed by atoms with Gasteiger partial charge in [-0.2, -0.15) is 0 Å². The minimum absolute atomic E-state index is 0.129. The molecule has 0 aromatic rings. The molecule has 3 nitrogen and oxygen atoms in total. The van der Waals surface area contributed by atoms with Crippen LogP contribution in [0, 0.1) is 5.41 Å². The Labute approximate surface area is 98.9 Å². The van der Waals surface area contributed by atoms with Crippen LogP contribution >= 0.6 is 0 Å². The minimum Gasteiger partial charge on any atom is -0.468 e. The van der Waals surface area contributed by atoms with E-state index >= 15 is 0 Å². The average Bonchev–Trinajstić information content (AvgIpc) is 2.27. The molecule has 0 radical (unpaired) electrons. The molecule has 16 heavy (non-hydrogen) atoms. The summed E-state index contributed by atoms with van der Waals surface area (Å²) in [4.78, 5) is 11.5. The highest BCUT2D eigenvalue weighted by molar-refractivity contribution is 5.75. The summed E-state index contributed by atoms with van der Waals surface area (Å²) in [6.45, 7) is 6.66. The number of carbonyl (C=O) groups is 1. The normalized spacial score (nSPS) is 22.8. The van der Waals surface area contributed by atoms with Crippen molar-refractivity contribution in [3.63, 3.8) is 0 Å². The predicted molar refractivity (Wildman–Crippen MR) is 65.3 cm³/mol. The molecule has 94 valence electrons. The van der Waals surface area contributed by atoms with Crippen LogP contribution in [0.2, 0.25) is 0 Å². The summed E-state index contributed by atoms with van der Waals surface area (Å²) in [6, 6.07) is 0.355. The van der Waals surface area contributed by atoms with Crippen molar-refractivity contribution in [2.45, 2.75) is 65.0 Å². The summed E-state index contributed by atoms with van der Waals surface area (Å²) in [7, 11) is 1.46. The van der Waals surface area contributed by atoms with Crippen molar-refractivity contribution in [1.82, 2.24) is 5.32 Å². The first-order valence-corrected chi connectivity index (χ1v) is 6.32. The van der Waals surface area contributed by atoms with E-state index in [1.165, 1.54) is 32.8 Å². The van der Waals surface area contributed by atoms with Gasteiger partial charge in [-0.1, -0.05) is 20.8 Å². The molecule has 1 rings (SSSR count). The fraction of sp³-hybridized carbons (Fsp3) is 0.923. The molecule has 0 aliphatic heterocycles. The van der Waals surface area contributed by atoms with Crippen LogP contribution in [0.25, 0.3) is 0 Å². The van der Waals surface area contributed by atoms with Gasteiger partial charge in [-0.3, -0.25) is 4.79 Å². The van der Waals surface area contributed by atoms with E-state index in [2.05, 4.69) is 19.2 Å². The minimum atomic E-state index is -0.132. The molecule has 1 aliphatic carbocycles. The average molecular weight is 227 g/mol. The van der Waals surface area contributed by atoms with Gasteiger partial charge in [-0.25, -0.2) is 0 Å². The molecule has 1 N–H and O–H groups in total. The third-order valence-corrected chi connectivity index (χ3v) is 3.67. The van der Waals surface area contributed by atoms with Crippen molar-refractivity contribution < 1.29 is 9.53 Å². The molecule has 1 atom stereocenters. The van der Waals surface area contributed by atoms with E-state index in [-0.39, 0.29) is 12.0 Å². The van der Waals surface area contributed by atoms with Gasteiger partial charge in [0, 0.05) is 6.04 Å². The topological polar surface area (TPSA) is 38.3 Å². The van der Waals surface area contributed by atoms with Gasteiger partial charge in [0.05, 0.1) is 7.11 Å².